The molecule has 118 valence electrons. The van der Waals surface area contributed by atoms with Crippen LogP contribution >= 0.6 is 0 Å². The van der Waals surface area contributed by atoms with Crippen LogP contribution in [0.25, 0.3) is 0 Å². The van der Waals surface area contributed by atoms with Gasteiger partial charge in [0.05, 0.1) is 11.8 Å². The molecule has 0 bridgehead atoms. The zero-order valence-electron chi connectivity index (χ0n) is 13.5. The van der Waals surface area contributed by atoms with E-state index in [9.17, 15) is 4.79 Å². The average molecular weight is 292 g/mol. The minimum absolute atomic E-state index is 0.00881. The summed E-state index contributed by atoms with van der Waals surface area (Å²) in [6.07, 6.45) is 4.70. The molecule has 0 aliphatic carbocycles. The molecular formula is C16H28N4O. The lowest BCUT2D eigenvalue weighted by molar-refractivity contribution is 0.0946. The molecule has 0 saturated carbocycles. The molecule has 2 rings (SSSR count). The number of nitrogens with one attached hydrogen (secondary N) is 2. The first kappa shape index (κ1) is 16.0. The molecule has 0 aromatic carbocycles. The van der Waals surface area contributed by atoms with Crippen LogP contribution in [0.4, 0.5) is 0 Å². The number of rotatable bonds is 7. The van der Waals surface area contributed by atoms with Crippen LogP contribution < -0.4 is 5.32 Å². The predicted octanol–water partition coefficient (Wildman–Crippen LogP) is 2.07. The van der Waals surface area contributed by atoms with Gasteiger partial charge in [0.25, 0.3) is 5.91 Å². The summed E-state index contributed by atoms with van der Waals surface area (Å²) in [6, 6.07) is 0. The van der Waals surface area contributed by atoms with Gasteiger partial charge < -0.3 is 10.2 Å². The van der Waals surface area contributed by atoms with Crippen LogP contribution in [0.5, 0.6) is 0 Å². The molecule has 21 heavy (non-hydrogen) atoms. The summed E-state index contributed by atoms with van der Waals surface area (Å²) in [5.41, 5.74) is 1.65. The van der Waals surface area contributed by atoms with Crippen molar-refractivity contribution in [2.24, 2.45) is 11.8 Å². The lowest BCUT2D eigenvalue weighted by Gasteiger charge is -2.18. The molecule has 1 fully saturated rings. The van der Waals surface area contributed by atoms with E-state index >= 15 is 0 Å². The topological polar surface area (TPSA) is 61.0 Å². The number of carbonyl (C=O) groups excluding carboxylic acids is 1. The zero-order valence-corrected chi connectivity index (χ0v) is 13.5. The summed E-state index contributed by atoms with van der Waals surface area (Å²) >= 11 is 0. The number of likely N-dealkylation sites (tertiary alicyclic amines) is 1. The van der Waals surface area contributed by atoms with Crippen molar-refractivity contribution >= 4 is 5.91 Å². The minimum atomic E-state index is 0.00881. The highest BCUT2D eigenvalue weighted by Crippen LogP contribution is 2.17. The van der Waals surface area contributed by atoms with Crippen molar-refractivity contribution in [3.63, 3.8) is 0 Å². The fourth-order valence-electron chi connectivity index (χ4n) is 3.04. The normalized spacial score (nSPS) is 19.3. The Balaban J connectivity index is 1.78. The molecule has 0 radical (unpaired) electrons. The van der Waals surface area contributed by atoms with E-state index in [1.54, 1.807) is 6.20 Å². The Morgan fingerprint density at radius 2 is 2.38 bits per heavy atom. The molecular weight excluding hydrogens is 264 g/mol. The van der Waals surface area contributed by atoms with Crippen molar-refractivity contribution < 1.29 is 4.79 Å². The maximum atomic E-state index is 12.2. The molecule has 2 N–H and O–H groups in total. The highest BCUT2D eigenvalue weighted by molar-refractivity contribution is 5.95. The molecule has 1 saturated heterocycles. The molecule has 0 unspecified atom stereocenters. The van der Waals surface area contributed by atoms with E-state index in [4.69, 9.17) is 0 Å². The van der Waals surface area contributed by atoms with Crippen LogP contribution in [-0.2, 0) is 6.42 Å². The van der Waals surface area contributed by atoms with Crippen LogP contribution in [0.15, 0.2) is 6.20 Å². The van der Waals surface area contributed by atoms with E-state index in [0.29, 0.717) is 17.4 Å². The number of amides is 1. The first-order valence-corrected chi connectivity index (χ1v) is 8.13. The average Bonchev–Trinajstić information content (AvgIpc) is 3.05. The van der Waals surface area contributed by atoms with E-state index in [-0.39, 0.29) is 5.91 Å². The van der Waals surface area contributed by atoms with Crippen LogP contribution in [0.1, 0.15) is 49.7 Å². The Hall–Kier alpha value is -1.36. The third-order valence-corrected chi connectivity index (χ3v) is 4.01. The molecule has 1 atom stereocenters. The van der Waals surface area contributed by atoms with Gasteiger partial charge in [-0.2, -0.15) is 5.10 Å². The summed E-state index contributed by atoms with van der Waals surface area (Å²) in [6.45, 7) is 10.8. The van der Waals surface area contributed by atoms with E-state index in [1.165, 1.54) is 6.42 Å². The quantitative estimate of drug-likeness (QED) is 0.809. The summed E-state index contributed by atoms with van der Waals surface area (Å²) in [5.74, 6) is 1.30. The SMILES string of the molecule is CCCc1[nH]ncc1C(=O)NC[C@@H]1CCN(CC(C)C)C1. The fraction of sp³-hybridized carbons (Fsp3) is 0.750. The Bertz CT molecular complexity index is 455. The Labute approximate surface area is 127 Å². The van der Waals surface area contributed by atoms with Gasteiger partial charge in [-0.1, -0.05) is 27.2 Å². The van der Waals surface area contributed by atoms with E-state index < -0.39 is 0 Å². The van der Waals surface area contributed by atoms with Crippen molar-refractivity contribution in [1.29, 1.82) is 0 Å². The highest BCUT2D eigenvalue weighted by atomic mass is 16.1. The summed E-state index contributed by atoms with van der Waals surface area (Å²) in [7, 11) is 0. The molecule has 1 amide bonds. The molecule has 2 heterocycles. The third-order valence-electron chi connectivity index (χ3n) is 4.01. The van der Waals surface area contributed by atoms with Gasteiger partial charge in [-0.3, -0.25) is 9.89 Å². The van der Waals surface area contributed by atoms with Crippen molar-refractivity contribution in [2.45, 2.75) is 40.0 Å². The molecule has 1 aromatic rings. The number of aromatic amines is 1. The van der Waals surface area contributed by atoms with Gasteiger partial charge in [0.2, 0.25) is 0 Å². The molecule has 0 spiro atoms. The van der Waals surface area contributed by atoms with Gasteiger partial charge in [0.15, 0.2) is 0 Å². The van der Waals surface area contributed by atoms with Gasteiger partial charge in [-0.05, 0) is 31.2 Å². The van der Waals surface area contributed by atoms with Gasteiger partial charge in [-0.15, -0.1) is 0 Å². The number of nitrogens with zero attached hydrogens (tertiary/aromatic N) is 2. The molecule has 5 heteroatoms. The van der Waals surface area contributed by atoms with E-state index in [1.807, 2.05) is 0 Å². The maximum Gasteiger partial charge on any atom is 0.254 e. The van der Waals surface area contributed by atoms with Crippen LogP contribution in [0.3, 0.4) is 0 Å². The second-order valence-corrected chi connectivity index (χ2v) is 6.53. The minimum Gasteiger partial charge on any atom is -0.352 e. The van der Waals surface area contributed by atoms with Gasteiger partial charge in [0, 0.05) is 25.3 Å². The number of hydrogen-bond donors (Lipinski definition) is 2. The second kappa shape index (κ2) is 7.59. The van der Waals surface area contributed by atoms with E-state index in [0.717, 1.165) is 44.7 Å². The fourth-order valence-corrected chi connectivity index (χ4v) is 3.04. The van der Waals surface area contributed by atoms with Crippen molar-refractivity contribution in [2.75, 3.05) is 26.2 Å². The van der Waals surface area contributed by atoms with Crippen LogP contribution in [0.2, 0.25) is 0 Å². The number of H-pyrrole nitrogens is 1. The smallest absolute Gasteiger partial charge is 0.254 e. The molecule has 1 aliphatic rings. The van der Waals surface area contributed by atoms with E-state index in [2.05, 4.69) is 41.2 Å². The van der Waals surface area contributed by atoms with Crippen molar-refractivity contribution in [1.82, 2.24) is 20.4 Å². The summed E-state index contributed by atoms with van der Waals surface area (Å²) in [4.78, 5) is 14.7. The zero-order chi connectivity index (χ0) is 15.2. The molecule has 1 aromatic heterocycles. The Morgan fingerprint density at radius 3 is 3.10 bits per heavy atom. The van der Waals surface area contributed by atoms with Gasteiger partial charge in [-0.25, -0.2) is 0 Å². The summed E-state index contributed by atoms with van der Waals surface area (Å²) < 4.78 is 0. The van der Waals surface area contributed by atoms with Crippen molar-refractivity contribution in [3.05, 3.63) is 17.5 Å². The molecule has 1 aliphatic heterocycles. The van der Waals surface area contributed by atoms with Crippen LogP contribution in [-0.4, -0.2) is 47.2 Å². The number of carbonyl (C=O) groups is 1. The summed E-state index contributed by atoms with van der Waals surface area (Å²) in [5, 5.41) is 9.99. The predicted molar refractivity (Wildman–Crippen MR) is 84.3 cm³/mol. The lowest BCUT2D eigenvalue weighted by Crippen LogP contribution is -2.32. The lowest BCUT2D eigenvalue weighted by atomic mass is 10.1. The standard InChI is InChI=1S/C16H28N4O/c1-4-5-15-14(9-18-19-15)16(21)17-8-13-6-7-20(11-13)10-12(2)3/h9,12-13H,4-8,10-11H2,1-3H3,(H,17,21)(H,18,19)/t13-/m0/s1. The second-order valence-electron chi connectivity index (χ2n) is 6.53. The third kappa shape index (κ3) is 4.56. The van der Waals surface area contributed by atoms with Crippen LogP contribution in [0, 0.1) is 11.8 Å². The van der Waals surface area contributed by atoms with Crippen molar-refractivity contribution in [3.8, 4) is 0 Å². The number of hydrogen-bond acceptors (Lipinski definition) is 3. The maximum absolute atomic E-state index is 12.2. The van der Waals surface area contributed by atoms with Gasteiger partial charge >= 0.3 is 0 Å². The largest absolute Gasteiger partial charge is 0.352 e. The first-order valence-electron chi connectivity index (χ1n) is 8.13. The number of aryl methyl sites for hydroxylation is 1. The monoisotopic (exact) mass is 292 g/mol. The Morgan fingerprint density at radius 1 is 1.57 bits per heavy atom. The first-order chi connectivity index (χ1) is 10.1. The van der Waals surface area contributed by atoms with Gasteiger partial charge in [0.1, 0.15) is 0 Å². The molecule has 5 nitrogen and oxygen atoms in total. The Kier molecular flexibility index (Phi) is 5.79. The highest BCUT2D eigenvalue weighted by Gasteiger charge is 2.23. The number of aromatic nitrogens is 2.